The summed E-state index contributed by atoms with van der Waals surface area (Å²) in [7, 11) is -4.13. The molecule has 0 aromatic rings. The Bertz CT molecular complexity index is 696. The van der Waals surface area contributed by atoms with Gasteiger partial charge in [-0.2, -0.15) is 0 Å². The lowest BCUT2D eigenvalue weighted by atomic mass is 9.87. The third kappa shape index (κ3) is 9.43. The molecular formula is C21H40NO12P. The fourth-order valence-electron chi connectivity index (χ4n) is 3.62. The van der Waals surface area contributed by atoms with E-state index in [2.05, 4.69) is 0 Å². The number of hydrogen-bond donors (Lipinski definition) is 5. The molecular weight excluding hydrogens is 489 g/mol. The second-order valence-corrected chi connectivity index (χ2v) is 10.2. The fourth-order valence-corrected chi connectivity index (χ4v) is 4.91. The molecule has 5 N–H and O–H groups in total. The smallest absolute Gasteiger partial charge is 0.394 e. The van der Waals surface area contributed by atoms with Crippen LogP contribution in [0.4, 0.5) is 0 Å². The van der Waals surface area contributed by atoms with E-state index in [0.29, 0.717) is 17.7 Å². The highest BCUT2D eigenvalue weighted by Gasteiger charge is 2.53. The van der Waals surface area contributed by atoms with Crippen molar-refractivity contribution in [3.8, 4) is 0 Å². The van der Waals surface area contributed by atoms with Crippen LogP contribution >= 0.6 is 7.82 Å². The molecule has 2 amide bonds. The number of rotatable bonds is 15. The number of ether oxygens (including phenoxy) is 1. The number of amides is 2. The van der Waals surface area contributed by atoms with Crippen LogP contribution in [-0.2, 0) is 32.5 Å². The largest absolute Gasteiger partial charge is 0.474 e. The van der Waals surface area contributed by atoms with Gasteiger partial charge in [-0.25, -0.2) is 4.57 Å². The Balaban J connectivity index is 3.17. The Labute approximate surface area is 205 Å². The number of phosphoric ester groups is 1. The van der Waals surface area contributed by atoms with Gasteiger partial charge in [-0.1, -0.05) is 26.7 Å². The molecule has 13 nitrogen and oxygen atoms in total. The molecule has 1 aliphatic rings. The second-order valence-electron chi connectivity index (χ2n) is 8.53. The highest BCUT2D eigenvalue weighted by atomic mass is 31.2. The number of hydrogen-bond acceptors (Lipinski definition) is 12. The molecule has 0 bridgehead atoms. The fraction of sp³-hybridized carbons (Fsp3) is 0.905. The Morgan fingerprint density at radius 3 is 2.03 bits per heavy atom. The first kappa shape index (κ1) is 32.0. The summed E-state index contributed by atoms with van der Waals surface area (Å²) in [5.41, 5.74) is 0. The van der Waals surface area contributed by atoms with Crippen molar-refractivity contribution in [2.24, 2.45) is 0 Å². The summed E-state index contributed by atoms with van der Waals surface area (Å²) in [6, 6.07) is -1.50. The summed E-state index contributed by atoms with van der Waals surface area (Å²) in [6.07, 6.45) is -5.05. The number of aliphatic hydroxyl groups is 5. The van der Waals surface area contributed by atoms with E-state index in [-0.39, 0.29) is 13.2 Å². The number of carbonyl (C=O) groups excluding carboxylic acids is 2. The van der Waals surface area contributed by atoms with Gasteiger partial charge in [0.15, 0.2) is 5.79 Å². The minimum atomic E-state index is -4.13. The highest BCUT2D eigenvalue weighted by molar-refractivity contribution is 7.48. The molecule has 1 fully saturated rings. The first-order chi connectivity index (χ1) is 16.3. The van der Waals surface area contributed by atoms with E-state index in [1.54, 1.807) is 0 Å². The van der Waals surface area contributed by atoms with Gasteiger partial charge in [-0.15, -0.1) is 0 Å². The van der Waals surface area contributed by atoms with Crippen molar-refractivity contribution in [3.05, 3.63) is 0 Å². The van der Waals surface area contributed by atoms with E-state index in [4.69, 9.17) is 18.3 Å². The molecule has 1 rings (SSSR count). The van der Waals surface area contributed by atoms with Crippen molar-refractivity contribution in [3.63, 3.8) is 0 Å². The zero-order valence-corrected chi connectivity index (χ0v) is 21.6. The lowest BCUT2D eigenvalue weighted by Crippen LogP contribution is -2.67. The predicted molar refractivity (Wildman–Crippen MR) is 122 cm³/mol. The summed E-state index contributed by atoms with van der Waals surface area (Å²) in [4.78, 5) is 24.8. The molecule has 0 saturated carbocycles. The van der Waals surface area contributed by atoms with Crippen molar-refractivity contribution in [2.75, 3.05) is 26.4 Å². The van der Waals surface area contributed by atoms with E-state index < -0.39 is 75.5 Å². The molecule has 6 atom stereocenters. The van der Waals surface area contributed by atoms with Gasteiger partial charge in [-0.05, 0) is 12.8 Å². The van der Waals surface area contributed by atoms with E-state index in [1.807, 2.05) is 13.8 Å². The lowest BCUT2D eigenvalue weighted by Gasteiger charge is -2.48. The third-order valence-corrected chi connectivity index (χ3v) is 6.89. The molecule has 0 aliphatic carbocycles. The van der Waals surface area contributed by atoms with Gasteiger partial charge in [0.05, 0.1) is 32.0 Å². The number of carbonyl (C=O) groups is 2. The molecule has 0 radical (unpaired) electrons. The summed E-state index contributed by atoms with van der Waals surface area (Å²) in [5, 5.41) is 51.6. The Morgan fingerprint density at radius 2 is 1.60 bits per heavy atom. The molecule has 1 saturated heterocycles. The molecule has 0 unspecified atom stereocenters. The second kappa shape index (κ2) is 14.7. The number of nitrogens with zero attached hydrogens (tertiary/aromatic N) is 1. The normalized spacial score (nSPS) is 26.8. The van der Waals surface area contributed by atoms with Gasteiger partial charge in [-0.3, -0.25) is 28.1 Å². The van der Waals surface area contributed by atoms with Gasteiger partial charge in [0.2, 0.25) is 11.8 Å². The van der Waals surface area contributed by atoms with E-state index in [0.717, 1.165) is 26.7 Å². The maximum atomic E-state index is 13.0. The van der Waals surface area contributed by atoms with Crippen molar-refractivity contribution < 1.29 is 58.0 Å². The van der Waals surface area contributed by atoms with Crippen LogP contribution in [-0.4, -0.2) is 105 Å². The summed E-state index contributed by atoms with van der Waals surface area (Å²) >= 11 is 0. The van der Waals surface area contributed by atoms with Crippen LogP contribution < -0.4 is 0 Å². The Hall–Kier alpha value is -0.990. The molecule has 1 heterocycles. The molecule has 35 heavy (non-hydrogen) atoms. The van der Waals surface area contributed by atoms with Gasteiger partial charge >= 0.3 is 7.82 Å². The average Bonchev–Trinajstić information content (AvgIpc) is 2.78. The van der Waals surface area contributed by atoms with Crippen molar-refractivity contribution in [1.29, 1.82) is 0 Å². The van der Waals surface area contributed by atoms with Crippen molar-refractivity contribution >= 4 is 19.6 Å². The van der Waals surface area contributed by atoms with Crippen LogP contribution in [0.25, 0.3) is 0 Å². The number of unbranched alkanes of at least 4 members (excludes halogenated alkanes) is 2. The van der Waals surface area contributed by atoms with Crippen molar-refractivity contribution in [1.82, 2.24) is 4.90 Å². The molecule has 1 aliphatic heterocycles. The van der Waals surface area contributed by atoms with Crippen LogP contribution in [0.1, 0.15) is 59.8 Å². The number of aliphatic hydroxyl groups excluding tert-OH is 4. The molecule has 0 aromatic carbocycles. The molecule has 206 valence electrons. The van der Waals surface area contributed by atoms with Crippen molar-refractivity contribution in [2.45, 2.75) is 96.0 Å². The monoisotopic (exact) mass is 529 g/mol. The molecule has 14 heteroatoms. The minimum absolute atomic E-state index is 0.0695. The van der Waals surface area contributed by atoms with Crippen LogP contribution in [0.2, 0.25) is 0 Å². The minimum Gasteiger partial charge on any atom is -0.394 e. The van der Waals surface area contributed by atoms with Crippen LogP contribution in [0.5, 0.6) is 0 Å². The van der Waals surface area contributed by atoms with Gasteiger partial charge in [0, 0.05) is 20.3 Å². The lowest BCUT2D eigenvalue weighted by molar-refractivity contribution is -0.317. The Morgan fingerprint density at radius 1 is 1.09 bits per heavy atom. The standard InChI is InChI=1S/C21H40NO12P/c1-5-7-9-31-35(30,32-10-8-6-2)33-13-21(29)11-16(26)18(22(14(3)24)15(4)25)20(34-21)19(28)17(27)12-23/h16-20,23,26-29H,5-13H2,1-4H3/t16-,17+,18+,19+,20+,21-/m0/s1. The summed E-state index contributed by atoms with van der Waals surface area (Å²) in [5.74, 6) is -3.94. The average molecular weight is 530 g/mol. The first-order valence-corrected chi connectivity index (χ1v) is 13.2. The Kier molecular flexibility index (Phi) is 13.4. The van der Waals surface area contributed by atoms with E-state index in [1.165, 1.54) is 0 Å². The molecule has 0 spiro atoms. The highest BCUT2D eigenvalue weighted by Crippen LogP contribution is 2.51. The van der Waals surface area contributed by atoms with E-state index in [9.17, 15) is 39.7 Å². The van der Waals surface area contributed by atoms with Gasteiger partial charge in [0.25, 0.3) is 0 Å². The third-order valence-electron chi connectivity index (χ3n) is 5.45. The van der Waals surface area contributed by atoms with Crippen LogP contribution in [0.3, 0.4) is 0 Å². The number of phosphoric acid groups is 1. The topological polar surface area (TPSA) is 193 Å². The quantitative estimate of drug-likeness (QED) is 0.142. The van der Waals surface area contributed by atoms with Gasteiger partial charge in [0.1, 0.15) is 24.9 Å². The van der Waals surface area contributed by atoms with Gasteiger partial charge < -0.3 is 30.3 Å². The van der Waals surface area contributed by atoms with Crippen LogP contribution in [0, 0.1) is 0 Å². The zero-order chi connectivity index (χ0) is 26.8. The first-order valence-electron chi connectivity index (χ1n) is 11.7. The maximum absolute atomic E-state index is 13.0. The number of imide groups is 1. The zero-order valence-electron chi connectivity index (χ0n) is 20.7. The molecule has 0 aromatic heterocycles. The van der Waals surface area contributed by atoms with Crippen LogP contribution in [0.15, 0.2) is 0 Å². The summed E-state index contributed by atoms with van der Waals surface area (Å²) < 4.78 is 34.5. The SMILES string of the molecule is CCCCOP(=O)(OCCCC)OC[C@]1(O)C[C@H](O)[C@@H](N(C(C)=O)C(C)=O)[C@H]([C@H](O)[C@H](O)CO)O1. The maximum Gasteiger partial charge on any atom is 0.474 e. The van der Waals surface area contributed by atoms with E-state index >= 15 is 0 Å². The predicted octanol–water partition coefficient (Wildman–Crippen LogP) is 0.0606. The summed E-state index contributed by atoms with van der Waals surface area (Å²) in [6.45, 7) is 4.32.